The maximum Gasteiger partial charge on any atom is 0.325 e. The first-order valence-electron chi connectivity index (χ1n) is 27.7. The summed E-state index contributed by atoms with van der Waals surface area (Å²) in [6.45, 7) is 7.21. The summed E-state index contributed by atoms with van der Waals surface area (Å²) in [6.07, 6.45) is -3.11. The van der Waals surface area contributed by atoms with Crippen LogP contribution in [0.15, 0.2) is 59.6 Å². The summed E-state index contributed by atoms with van der Waals surface area (Å²) in [5.41, 5.74) is 23.2. The molecule has 1 aliphatic heterocycles. The van der Waals surface area contributed by atoms with E-state index in [0.717, 1.165) is 6.92 Å². The monoisotopic (exact) mass is 1190 g/mol. The lowest BCUT2D eigenvalue weighted by Crippen LogP contribution is -2.60. The van der Waals surface area contributed by atoms with E-state index < -0.39 is 157 Å². The van der Waals surface area contributed by atoms with Crippen LogP contribution < -0.4 is 65.5 Å². The number of benzene rings is 2. The standard InChI is InChI=1S/C55H82N14O16/c1-28(2)25-38(49(79)63-35(13-9-23-60-55(58)59)48(78)64-37(20-22-43(73)74)47(77)62-30(4)54(84)85)66-51(81)41-14-10-24-69(41)53(83)40(27-33-15-17-34(71)18-16-33)68-45(75)29(3)61-46(76)36(19-21-42(56)72)65-50(80)39(26-32-11-7-6-8-12-32)67-52(82)44(57)31(5)70/h6-8,11-12,15-18,28-31,35-41,44,70-71H,9-10,13-14,19-27,57H2,1-5H3,(H2,56,72)(H,61,76)(H,62,77)(H,63,79)(H,64,78)(H,65,80)(H,66,81)(H,67,82)(H,68,75)(H,73,74)(H,84,85)(H4,58,59,60)/t29-,30+,31-,35+,36+,37+,38-,39+,40-,41-,44-/m0/s1. The number of aliphatic carboxylic acids is 2. The number of hydrogen-bond donors (Lipinski definition) is 16. The van der Waals surface area contributed by atoms with Crippen LogP contribution in [0.5, 0.6) is 5.75 Å². The van der Waals surface area contributed by atoms with Crippen LogP contribution in [0.3, 0.4) is 0 Å². The molecule has 1 aliphatic rings. The van der Waals surface area contributed by atoms with Crippen LogP contribution >= 0.6 is 0 Å². The van der Waals surface area contributed by atoms with Crippen molar-refractivity contribution < 1.29 is 78.0 Å². The van der Waals surface area contributed by atoms with Crippen molar-refractivity contribution in [3.05, 3.63) is 65.7 Å². The molecule has 0 radical (unpaired) electrons. The van der Waals surface area contributed by atoms with Gasteiger partial charge in [-0.15, -0.1) is 0 Å². The molecule has 0 saturated carbocycles. The first kappa shape index (κ1) is 70.3. The number of phenols is 1. The van der Waals surface area contributed by atoms with Gasteiger partial charge >= 0.3 is 11.9 Å². The summed E-state index contributed by atoms with van der Waals surface area (Å²) in [5.74, 6) is -12.2. The molecule has 30 heteroatoms. The number of aliphatic hydroxyl groups is 1. The van der Waals surface area contributed by atoms with Crippen LogP contribution in [-0.2, 0) is 70.4 Å². The molecule has 468 valence electrons. The van der Waals surface area contributed by atoms with E-state index in [1.165, 1.54) is 43.0 Å². The summed E-state index contributed by atoms with van der Waals surface area (Å²) < 4.78 is 0. The number of aliphatic imine (C=N–C) groups is 1. The molecule has 85 heavy (non-hydrogen) atoms. The van der Waals surface area contributed by atoms with Crippen molar-refractivity contribution in [2.45, 2.75) is 172 Å². The maximum atomic E-state index is 14.8. The first-order chi connectivity index (χ1) is 40.0. The Morgan fingerprint density at radius 2 is 1.08 bits per heavy atom. The van der Waals surface area contributed by atoms with Gasteiger partial charge in [0, 0.05) is 38.8 Å². The third-order valence-electron chi connectivity index (χ3n) is 13.6. The van der Waals surface area contributed by atoms with E-state index in [4.69, 9.17) is 22.9 Å². The second-order valence-electron chi connectivity index (χ2n) is 21.2. The number of primary amides is 1. The van der Waals surface area contributed by atoms with Crippen LogP contribution in [0.4, 0.5) is 0 Å². The molecule has 2 aromatic carbocycles. The number of aromatic hydroxyl groups is 1. The van der Waals surface area contributed by atoms with Crippen molar-refractivity contribution in [2.24, 2.45) is 33.8 Å². The smallest absolute Gasteiger partial charge is 0.325 e. The van der Waals surface area contributed by atoms with Crippen molar-refractivity contribution in [3.63, 3.8) is 0 Å². The van der Waals surface area contributed by atoms with E-state index in [2.05, 4.69) is 47.5 Å². The number of rotatable bonds is 35. The Kier molecular flexibility index (Phi) is 28.6. The number of carboxylic acid groups (broad SMARTS) is 2. The SMILES string of the molecule is CC(C)C[C@H](NC(=O)[C@@H]1CCCN1C(=O)[C@H](Cc1ccc(O)cc1)NC(=O)[C@H](C)NC(=O)[C@@H](CCC(N)=O)NC(=O)[C@@H](Cc1ccccc1)NC(=O)[C@@H](N)[C@H](C)O)C(=O)N[C@H](CCCN=C(N)N)C(=O)N[C@H](CCC(=O)O)C(=O)N[C@H](C)C(=O)O. The van der Waals surface area contributed by atoms with Crippen LogP contribution in [0, 0.1) is 5.92 Å². The normalized spacial score (nSPS) is 16.4. The molecule has 3 rings (SSSR count). The van der Waals surface area contributed by atoms with Crippen molar-refractivity contribution in [1.82, 2.24) is 47.4 Å². The second kappa shape index (κ2) is 34.6. The molecule has 10 amide bonds. The number of aliphatic hydroxyl groups excluding tert-OH is 1. The highest BCUT2D eigenvalue weighted by Crippen LogP contribution is 2.22. The van der Waals surface area contributed by atoms with Crippen LogP contribution in [0.2, 0.25) is 0 Å². The second-order valence-corrected chi connectivity index (χ2v) is 21.2. The molecule has 0 spiro atoms. The fourth-order valence-electron chi connectivity index (χ4n) is 8.82. The van der Waals surface area contributed by atoms with Gasteiger partial charge in [-0.25, -0.2) is 0 Å². The maximum absolute atomic E-state index is 14.8. The summed E-state index contributed by atoms with van der Waals surface area (Å²) >= 11 is 0. The minimum absolute atomic E-state index is 0.00296. The number of amides is 10. The molecule has 1 saturated heterocycles. The van der Waals surface area contributed by atoms with E-state index in [1.54, 1.807) is 44.2 Å². The molecule has 0 unspecified atom stereocenters. The van der Waals surface area contributed by atoms with Gasteiger partial charge in [0.1, 0.15) is 66.2 Å². The fourth-order valence-corrected chi connectivity index (χ4v) is 8.82. The molecule has 20 N–H and O–H groups in total. The molecular weight excluding hydrogens is 1110 g/mol. The lowest BCUT2D eigenvalue weighted by molar-refractivity contribution is -0.143. The predicted molar refractivity (Wildman–Crippen MR) is 305 cm³/mol. The zero-order valence-corrected chi connectivity index (χ0v) is 48.2. The van der Waals surface area contributed by atoms with Gasteiger partial charge in [0.2, 0.25) is 59.1 Å². The summed E-state index contributed by atoms with van der Waals surface area (Å²) in [4.78, 5) is 165. The quantitative estimate of drug-likeness (QED) is 0.0178. The number of likely N-dealkylation sites (tertiary alicyclic amines) is 1. The van der Waals surface area contributed by atoms with Gasteiger partial charge < -0.3 is 90.8 Å². The highest BCUT2D eigenvalue weighted by atomic mass is 16.4. The summed E-state index contributed by atoms with van der Waals surface area (Å²) in [6, 6.07) is -0.0308. The molecule has 30 nitrogen and oxygen atoms in total. The van der Waals surface area contributed by atoms with Crippen molar-refractivity contribution >= 4 is 77.0 Å². The minimum atomic E-state index is -1.56. The van der Waals surface area contributed by atoms with Gasteiger partial charge in [-0.2, -0.15) is 0 Å². The molecule has 11 atom stereocenters. The highest BCUT2D eigenvalue weighted by molar-refractivity contribution is 5.99. The zero-order valence-electron chi connectivity index (χ0n) is 48.2. The van der Waals surface area contributed by atoms with Crippen LogP contribution in [-0.4, -0.2) is 182 Å². The van der Waals surface area contributed by atoms with Crippen LogP contribution in [0.25, 0.3) is 0 Å². The molecule has 1 fully saturated rings. The van der Waals surface area contributed by atoms with Gasteiger partial charge in [0.05, 0.1) is 6.10 Å². The number of phenolic OH excluding ortho intramolecular Hbond substituents is 1. The topological polar surface area (TPSA) is 502 Å². The first-order valence-corrected chi connectivity index (χ1v) is 27.7. The number of carbonyl (C=O) groups excluding carboxylic acids is 10. The average molecular weight is 1200 g/mol. The molecule has 2 aromatic rings. The number of nitrogens with zero attached hydrogens (tertiary/aromatic N) is 2. The zero-order chi connectivity index (χ0) is 63.7. The molecule has 0 aliphatic carbocycles. The Balaban J connectivity index is 1.90. The molecule has 0 bridgehead atoms. The van der Waals surface area contributed by atoms with Crippen LogP contribution in [0.1, 0.15) is 104 Å². The van der Waals surface area contributed by atoms with Crippen molar-refractivity contribution in [2.75, 3.05) is 13.1 Å². The van der Waals surface area contributed by atoms with Gasteiger partial charge in [-0.1, -0.05) is 56.3 Å². The number of nitrogens with two attached hydrogens (primary N) is 4. The highest BCUT2D eigenvalue weighted by Gasteiger charge is 2.41. The van der Waals surface area contributed by atoms with Crippen molar-refractivity contribution in [3.8, 4) is 5.75 Å². The number of nitrogens with one attached hydrogen (secondary N) is 8. The Labute approximate surface area is 491 Å². The molecular formula is C55H82N14O16. The Hall–Kier alpha value is -8.93. The molecule has 1 heterocycles. The lowest BCUT2D eigenvalue weighted by atomic mass is 10.0. The predicted octanol–water partition coefficient (Wildman–Crippen LogP) is -3.89. The molecule has 0 aromatic heterocycles. The summed E-state index contributed by atoms with van der Waals surface area (Å²) in [7, 11) is 0. The Morgan fingerprint density at radius 3 is 1.62 bits per heavy atom. The third-order valence-corrected chi connectivity index (χ3v) is 13.6. The van der Waals surface area contributed by atoms with Gasteiger partial charge in [0.25, 0.3) is 0 Å². The summed E-state index contributed by atoms with van der Waals surface area (Å²) in [5, 5.41) is 58.7. The van der Waals surface area contributed by atoms with E-state index >= 15 is 0 Å². The third kappa shape index (κ3) is 24.4. The van der Waals surface area contributed by atoms with Gasteiger partial charge in [0.15, 0.2) is 5.96 Å². The van der Waals surface area contributed by atoms with E-state index in [-0.39, 0.29) is 75.7 Å². The number of carbonyl (C=O) groups is 12. The van der Waals surface area contributed by atoms with Gasteiger partial charge in [-0.05, 0) is 94.9 Å². The van der Waals surface area contributed by atoms with Crippen molar-refractivity contribution in [1.29, 1.82) is 0 Å². The lowest BCUT2D eigenvalue weighted by Gasteiger charge is -2.31. The minimum Gasteiger partial charge on any atom is -0.508 e. The number of hydrogen-bond acceptors (Lipinski definition) is 16. The van der Waals surface area contributed by atoms with E-state index in [1.807, 2.05) is 0 Å². The average Bonchev–Trinajstić information content (AvgIpc) is 4.23. The van der Waals surface area contributed by atoms with Gasteiger partial charge in [-0.3, -0.25) is 62.5 Å². The van der Waals surface area contributed by atoms with E-state index in [0.29, 0.717) is 17.5 Å². The number of carboxylic acids is 2. The number of guanidine groups is 1. The Bertz CT molecular complexity index is 2690. The largest absolute Gasteiger partial charge is 0.508 e. The Morgan fingerprint density at radius 1 is 0.588 bits per heavy atom. The van der Waals surface area contributed by atoms with E-state index in [9.17, 15) is 78.0 Å². The fraction of sp³-hybridized carbons (Fsp3) is 0.545.